The first-order valence-corrected chi connectivity index (χ1v) is 13.9. The van der Waals surface area contributed by atoms with Crippen molar-refractivity contribution in [3.63, 3.8) is 0 Å². The third-order valence-corrected chi connectivity index (χ3v) is 7.86. The molecule has 1 aromatic carbocycles. The number of carbonyl (C=O) groups is 2. The Morgan fingerprint density at radius 2 is 1.87 bits per heavy atom. The molecule has 0 saturated carbocycles. The Morgan fingerprint density at radius 1 is 1.08 bits per heavy atom. The van der Waals surface area contributed by atoms with Crippen LogP contribution in [0.3, 0.4) is 0 Å². The lowest BCUT2D eigenvalue weighted by Gasteiger charge is -2.33. The number of furan rings is 1. The van der Waals surface area contributed by atoms with E-state index in [0.29, 0.717) is 66.7 Å². The maximum Gasteiger partial charge on any atom is 0.409 e. The summed E-state index contributed by atoms with van der Waals surface area (Å²) in [4.78, 5) is 32.8. The summed E-state index contributed by atoms with van der Waals surface area (Å²) < 4.78 is 18.1. The number of piperazine rings is 1. The molecule has 4 heterocycles. The first-order valence-electron chi connectivity index (χ1n) is 12.0. The Bertz CT molecular complexity index is 1390. The van der Waals surface area contributed by atoms with Crippen LogP contribution in [0.15, 0.2) is 57.6 Å². The smallest absolute Gasteiger partial charge is 0.409 e. The minimum absolute atomic E-state index is 0.140. The first-order chi connectivity index (χ1) is 18.6. The molecule has 0 atom stereocenters. The lowest BCUT2D eigenvalue weighted by Crippen LogP contribution is -2.50. The average Bonchev–Trinajstić information content (AvgIpc) is 3.72. The van der Waals surface area contributed by atoms with Gasteiger partial charge in [-0.3, -0.25) is 9.36 Å². The van der Waals surface area contributed by atoms with Crippen LogP contribution >= 0.6 is 23.1 Å². The van der Waals surface area contributed by atoms with Gasteiger partial charge in [0.25, 0.3) is 5.91 Å². The van der Waals surface area contributed by atoms with Crippen LogP contribution in [0.1, 0.15) is 22.4 Å². The van der Waals surface area contributed by atoms with Crippen LogP contribution in [0.2, 0.25) is 0 Å². The molecule has 11 nitrogen and oxygen atoms in total. The number of hydrogen-bond donors (Lipinski definition) is 0. The lowest BCUT2D eigenvalue weighted by atomic mass is 10.3. The molecule has 3 aromatic heterocycles. The van der Waals surface area contributed by atoms with Crippen molar-refractivity contribution in [2.45, 2.75) is 17.8 Å². The Kier molecular flexibility index (Phi) is 7.94. The highest BCUT2D eigenvalue weighted by atomic mass is 32.2. The number of ether oxygens (including phenoxy) is 2. The second kappa shape index (κ2) is 11.7. The van der Waals surface area contributed by atoms with E-state index in [4.69, 9.17) is 13.9 Å². The van der Waals surface area contributed by atoms with Crippen molar-refractivity contribution in [3.05, 3.63) is 58.7 Å². The third kappa shape index (κ3) is 5.38. The molecule has 4 aromatic rings. The monoisotopic (exact) mass is 554 g/mol. The molecule has 1 aliphatic heterocycles. The molecule has 0 radical (unpaired) electrons. The Morgan fingerprint density at radius 3 is 2.61 bits per heavy atom. The van der Waals surface area contributed by atoms with Crippen LogP contribution < -0.4 is 4.74 Å². The molecule has 1 saturated heterocycles. The van der Waals surface area contributed by atoms with Crippen LogP contribution in [0.25, 0.3) is 17.3 Å². The van der Waals surface area contributed by atoms with E-state index in [1.165, 1.54) is 23.1 Å². The second-order valence-corrected chi connectivity index (χ2v) is 10.1. The number of thiazole rings is 1. The Hall–Kier alpha value is -3.84. The van der Waals surface area contributed by atoms with E-state index < -0.39 is 0 Å². The van der Waals surface area contributed by atoms with E-state index in [0.717, 1.165) is 10.7 Å². The molecule has 0 aliphatic carbocycles. The highest BCUT2D eigenvalue weighted by Gasteiger charge is 2.27. The zero-order valence-electron chi connectivity index (χ0n) is 20.9. The minimum atomic E-state index is -0.344. The normalized spacial score (nSPS) is 13.5. The van der Waals surface area contributed by atoms with Gasteiger partial charge in [0, 0.05) is 31.6 Å². The number of rotatable bonds is 8. The van der Waals surface area contributed by atoms with Crippen molar-refractivity contribution in [3.8, 4) is 23.0 Å². The summed E-state index contributed by atoms with van der Waals surface area (Å²) in [5.41, 5.74) is 1.18. The Labute approximate surface area is 227 Å². The van der Waals surface area contributed by atoms with Gasteiger partial charge in [-0.2, -0.15) is 0 Å². The Balaban J connectivity index is 1.29. The fourth-order valence-electron chi connectivity index (χ4n) is 4.03. The fraction of sp³-hybridized carbons (Fsp3) is 0.320. The summed E-state index contributed by atoms with van der Waals surface area (Å²) in [6.07, 6.45) is 1.25. The largest absolute Gasteiger partial charge is 0.495 e. The summed E-state index contributed by atoms with van der Waals surface area (Å²) in [5, 5.41) is 12.0. The van der Waals surface area contributed by atoms with E-state index in [2.05, 4.69) is 15.2 Å². The maximum absolute atomic E-state index is 13.0. The number of aromatic nitrogens is 4. The molecule has 0 spiro atoms. The molecule has 198 valence electrons. The molecule has 0 unspecified atom stereocenters. The van der Waals surface area contributed by atoms with Crippen LogP contribution in [0, 0.1) is 0 Å². The number of amides is 2. The van der Waals surface area contributed by atoms with Crippen LogP contribution in [0.4, 0.5) is 4.79 Å². The number of hydrogen-bond acceptors (Lipinski definition) is 10. The predicted octanol–water partition coefficient (Wildman–Crippen LogP) is 4.20. The van der Waals surface area contributed by atoms with Crippen molar-refractivity contribution in [1.82, 2.24) is 29.5 Å². The highest BCUT2D eigenvalue weighted by molar-refractivity contribution is 7.98. The molecule has 13 heteroatoms. The summed E-state index contributed by atoms with van der Waals surface area (Å²) >= 11 is 2.88. The van der Waals surface area contributed by atoms with E-state index >= 15 is 0 Å². The van der Waals surface area contributed by atoms with E-state index in [9.17, 15) is 9.59 Å². The van der Waals surface area contributed by atoms with Gasteiger partial charge in [-0.05, 0) is 31.2 Å². The second-order valence-electron chi connectivity index (χ2n) is 8.18. The number of methoxy groups -OCH3 is 1. The number of thioether (sulfide) groups is 1. The average molecular weight is 555 g/mol. The van der Waals surface area contributed by atoms with E-state index in [1.54, 1.807) is 41.5 Å². The summed E-state index contributed by atoms with van der Waals surface area (Å²) in [6.45, 7) is 3.86. The van der Waals surface area contributed by atoms with E-state index in [1.807, 2.05) is 34.9 Å². The predicted molar refractivity (Wildman–Crippen MR) is 142 cm³/mol. The van der Waals surface area contributed by atoms with Gasteiger partial charge in [-0.15, -0.1) is 21.5 Å². The SMILES string of the molecule is CCOC(=O)N1CCN(C(=O)c2csc(CSc3nnc(-c4ccco4)n3-c3ccccc3OC)n2)CC1. The zero-order chi connectivity index (χ0) is 26.5. The molecular weight excluding hydrogens is 528 g/mol. The van der Waals surface area contributed by atoms with Crippen molar-refractivity contribution in [1.29, 1.82) is 0 Å². The van der Waals surface area contributed by atoms with Gasteiger partial charge in [-0.25, -0.2) is 9.78 Å². The first kappa shape index (κ1) is 25.8. The van der Waals surface area contributed by atoms with Crippen LogP contribution in [0.5, 0.6) is 5.75 Å². The number of para-hydroxylation sites is 2. The number of carbonyl (C=O) groups excluding carboxylic acids is 2. The van der Waals surface area contributed by atoms with Crippen molar-refractivity contribution >= 4 is 35.1 Å². The van der Waals surface area contributed by atoms with Crippen molar-refractivity contribution in [2.24, 2.45) is 0 Å². The lowest BCUT2D eigenvalue weighted by molar-refractivity contribution is 0.0566. The molecule has 2 amide bonds. The van der Waals surface area contributed by atoms with Gasteiger partial charge in [0.2, 0.25) is 5.82 Å². The van der Waals surface area contributed by atoms with Gasteiger partial charge in [0.05, 0.1) is 31.4 Å². The zero-order valence-corrected chi connectivity index (χ0v) is 22.5. The topological polar surface area (TPSA) is 116 Å². The highest BCUT2D eigenvalue weighted by Crippen LogP contribution is 2.34. The number of benzene rings is 1. The van der Waals surface area contributed by atoms with Crippen molar-refractivity contribution in [2.75, 3.05) is 39.9 Å². The molecular formula is C25H26N6O5S2. The van der Waals surface area contributed by atoms with E-state index in [-0.39, 0.29) is 12.0 Å². The maximum atomic E-state index is 13.0. The van der Waals surface area contributed by atoms with Gasteiger partial charge >= 0.3 is 6.09 Å². The van der Waals surface area contributed by atoms with Gasteiger partial charge < -0.3 is 23.7 Å². The fourth-order valence-corrected chi connectivity index (χ4v) is 5.76. The molecule has 0 bridgehead atoms. The third-order valence-electron chi connectivity index (χ3n) is 5.89. The molecule has 1 aliphatic rings. The van der Waals surface area contributed by atoms with Gasteiger partial charge in [0.15, 0.2) is 10.9 Å². The molecule has 1 fully saturated rings. The van der Waals surface area contributed by atoms with Crippen LogP contribution in [-0.2, 0) is 10.5 Å². The van der Waals surface area contributed by atoms with Gasteiger partial charge in [0.1, 0.15) is 16.5 Å². The summed E-state index contributed by atoms with van der Waals surface area (Å²) in [5.74, 6) is 2.17. The standard InChI is InChI=1S/C25H26N6O5S2/c1-3-35-25(33)30-12-10-29(11-13-30)23(32)17-15-37-21(26-17)16-38-24-28-27-22(20-9-6-14-36-20)31(24)18-7-4-5-8-19(18)34-2/h4-9,14-15H,3,10-13,16H2,1-2H3. The quantitative estimate of drug-likeness (QED) is 0.296. The molecule has 38 heavy (non-hydrogen) atoms. The number of nitrogens with zero attached hydrogens (tertiary/aromatic N) is 6. The summed E-state index contributed by atoms with van der Waals surface area (Å²) in [6, 6.07) is 11.3. The molecule has 5 rings (SSSR count). The summed E-state index contributed by atoms with van der Waals surface area (Å²) in [7, 11) is 1.62. The van der Waals surface area contributed by atoms with Crippen LogP contribution in [-0.4, -0.2) is 81.4 Å². The van der Waals surface area contributed by atoms with Crippen molar-refractivity contribution < 1.29 is 23.5 Å². The molecule has 0 N–H and O–H groups in total. The van der Waals surface area contributed by atoms with Gasteiger partial charge in [-0.1, -0.05) is 23.9 Å². The minimum Gasteiger partial charge on any atom is -0.495 e.